The lowest BCUT2D eigenvalue weighted by Crippen LogP contribution is -2.08. The second-order valence-electron chi connectivity index (χ2n) is 3.88. The van der Waals surface area contributed by atoms with Crippen LogP contribution in [-0.4, -0.2) is 16.5 Å². The minimum absolute atomic E-state index is 0.177. The number of nitrogen functional groups attached to an aromatic ring is 1. The minimum atomic E-state index is -0.598. The molecule has 19 heavy (non-hydrogen) atoms. The monoisotopic (exact) mass is 284 g/mol. The van der Waals surface area contributed by atoms with Gasteiger partial charge in [0.1, 0.15) is 34.6 Å². The molecule has 0 aliphatic heterocycles. The second kappa shape index (κ2) is 5.79. The zero-order valence-electron chi connectivity index (χ0n) is 9.83. The van der Waals surface area contributed by atoms with Gasteiger partial charge >= 0.3 is 0 Å². The van der Waals surface area contributed by atoms with Crippen molar-refractivity contribution < 1.29 is 8.78 Å². The van der Waals surface area contributed by atoms with Crippen molar-refractivity contribution in [1.82, 2.24) is 9.97 Å². The zero-order valence-corrected chi connectivity index (χ0v) is 10.6. The Hall–Kier alpha value is -1.95. The summed E-state index contributed by atoms with van der Waals surface area (Å²) in [6.07, 6.45) is 1.71. The van der Waals surface area contributed by atoms with E-state index in [1.165, 1.54) is 18.5 Å². The van der Waals surface area contributed by atoms with Crippen molar-refractivity contribution >= 4 is 23.2 Å². The van der Waals surface area contributed by atoms with Crippen molar-refractivity contribution in [2.24, 2.45) is 0 Å². The number of anilines is 2. The number of aromatic nitrogens is 2. The SMILES string of the molecule is Nc1ncnc(NCCc2cc(F)cc(F)c2)c1Cl. The number of nitrogens with zero attached hydrogens (tertiary/aromatic N) is 2. The predicted octanol–water partition coefficient (Wildman–Crippen LogP) is 2.65. The smallest absolute Gasteiger partial charge is 0.150 e. The first kappa shape index (κ1) is 13.5. The topological polar surface area (TPSA) is 63.8 Å². The number of rotatable bonds is 4. The quantitative estimate of drug-likeness (QED) is 0.906. The van der Waals surface area contributed by atoms with Crippen molar-refractivity contribution in [3.05, 3.63) is 46.7 Å². The molecule has 2 aromatic rings. The van der Waals surface area contributed by atoms with E-state index in [1.807, 2.05) is 0 Å². The Morgan fingerprint density at radius 2 is 1.84 bits per heavy atom. The van der Waals surface area contributed by atoms with Gasteiger partial charge in [-0.15, -0.1) is 0 Å². The first-order valence-electron chi connectivity index (χ1n) is 5.51. The van der Waals surface area contributed by atoms with Gasteiger partial charge in [-0.3, -0.25) is 0 Å². The van der Waals surface area contributed by atoms with E-state index >= 15 is 0 Å². The van der Waals surface area contributed by atoms with Gasteiger partial charge in [0.25, 0.3) is 0 Å². The Morgan fingerprint density at radius 3 is 2.53 bits per heavy atom. The Bertz CT molecular complexity index is 572. The summed E-state index contributed by atoms with van der Waals surface area (Å²) in [7, 11) is 0. The molecule has 100 valence electrons. The maximum atomic E-state index is 13.0. The molecule has 1 heterocycles. The number of hydrogen-bond acceptors (Lipinski definition) is 4. The summed E-state index contributed by atoms with van der Waals surface area (Å²) in [5, 5.41) is 3.16. The van der Waals surface area contributed by atoms with E-state index in [9.17, 15) is 8.78 Å². The molecule has 0 unspecified atom stereocenters. The highest BCUT2D eigenvalue weighted by molar-refractivity contribution is 6.35. The highest BCUT2D eigenvalue weighted by Gasteiger charge is 2.06. The van der Waals surface area contributed by atoms with Crippen LogP contribution in [0, 0.1) is 11.6 Å². The molecular weight excluding hydrogens is 274 g/mol. The molecule has 0 saturated carbocycles. The second-order valence-corrected chi connectivity index (χ2v) is 4.25. The van der Waals surface area contributed by atoms with E-state index in [1.54, 1.807) is 0 Å². The van der Waals surface area contributed by atoms with Gasteiger partial charge in [-0.05, 0) is 24.1 Å². The van der Waals surface area contributed by atoms with E-state index in [0.717, 1.165) is 6.07 Å². The van der Waals surface area contributed by atoms with Gasteiger partial charge in [-0.1, -0.05) is 11.6 Å². The molecule has 0 bridgehead atoms. The number of nitrogens with two attached hydrogens (primary N) is 1. The molecule has 0 aliphatic carbocycles. The van der Waals surface area contributed by atoms with Crippen molar-refractivity contribution in [2.75, 3.05) is 17.6 Å². The van der Waals surface area contributed by atoms with Gasteiger partial charge in [0.15, 0.2) is 0 Å². The van der Waals surface area contributed by atoms with Crippen molar-refractivity contribution in [3.63, 3.8) is 0 Å². The first-order chi connectivity index (χ1) is 9.06. The fraction of sp³-hybridized carbons (Fsp3) is 0.167. The molecule has 7 heteroatoms. The van der Waals surface area contributed by atoms with Crippen LogP contribution < -0.4 is 11.1 Å². The Labute approximate surface area is 113 Å². The molecule has 0 amide bonds. The number of halogens is 3. The lowest BCUT2D eigenvalue weighted by molar-refractivity contribution is 0.580. The van der Waals surface area contributed by atoms with Gasteiger partial charge in [0.2, 0.25) is 0 Å². The molecule has 0 saturated heterocycles. The molecule has 2 rings (SSSR count). The summed E-state index contributed by atoms with van der Waals surface area (Å²) in [5.41, 5.74) is 6.07. The number of hydrogen-bond donors (Lipinski definition) is 2. The van der Waals surface area contributed by atoms with Crippen LogP contribution >= 0.6 is 11.6 Å². The van der Waals surface area contributed by atoms with Crippen LogP contribution in [0.1, 0.15) is 5.56 Å². The summed E-state index contributed by atoms with van der Waals surface area (Å²) >= 11 is 5.89. The Morgan fingerprint density at radius 1 is 1.16 bits per heavy atom. The van der Waals surface area contributed by atoms with Crippen LogP contribution in [0.3, 0.4) is 0 Å². The molecule has 0 fully saturated rings. The van der Waals surface area contributed by atoms with Gasteiger partial charge in [0, 0.05) is 12.6 Å². The molecule has 0 radical (unpaired) electrons. The highest BCUT2D eigenvalue weighted by Crippen LogP contribution is 2.23. The van der Waals surface area contributed by atoms with Crippen LogP contribution in [0.2, 0.25) is 5.02 Å². The molecule has 4 nitrogen and oxygen atoms in total. The van der Waals surface area contributed by atoms with E-state index in [-0.39, 0.29) is 10.8 Å². The number of benzene rings is 1. The molecule has 1 aromatic carbocycles. The summed E-state index contributed by atoms with van der Waals surface area (Å²) in [6.45, 7) is 0.416. The maximum absolute atomic E-state index is 13.0. The van der Waals surface area contributed by atoms with Crippen LogP contribution in [0.4, 0.5) is 20.4 Å². The maximum Gasteiger partial charge on any atom is 0.150 e. The summed E-state index contributed by atoms with van der Waals surface area (Å²) in [6, 6.07) is 3.39. The van der Waals surface area contributed by atoms with Crippen molar-refractivity contribution in [3.8, 4) is 0 Å². The van der Waals surface area contributed by atoms with E-state index in [0.29, 0.717) is 24.3 Å². The molecule has 3 N–H and O–H groups in total. The Balaban J connectivity index is 1.98. The van der Waals surface area contributed by atoms with Crippen molar-refractivity contribution in [1.29, 1.82) is 0 Å². The summed E-state index contributed by atoms with van der Waals surface area (Å²) < 4.78 is 26.0. The van der Waals surface area contributed by atoms with Gasteiger partial charge in [0.05, 0.1) is 0 Å². The van der Waals surface area contributed by atoms with Gasteiger partial charge < -0.3 is 11.1 Å². The lowest BCUT2D eigenvalue weighted by atomic mass is 10.1. The summed E-state index contributed by atoms with van der Waals surface area (Å²) in [5.74, 6) is -0.624. The van der Waals surface area contributed by atoms with Crippen LogP contribution in [-0.2, 0) is 6.42 Å². The van der Waals surface area contributed by atoms with Crippen LogP contribution in [0.25, 0.3) is 0 Å². The average molecular weight is 285 g/mol. The third-order valence-electron chi connectivity index (χ3n) is 2.44. The summed E-state index contributed by atoms with van der Waals surface area (Å²) in [4.78, 5) is 7.65. The van der Waals surface area contributed by atoms with E-state index < -0.39 is 11.6 Å². The lowest BCUT2D eigenvalue weighted by Gasteiger charge is -2.08. The standard InChI is InChI=1S/C12H11ClF2N4/c13-10-11(16)18-6-19-12(10)17-2-1-7-3-8(14)5-9(15)4-7/h3-6H,1-2H2,(H3,16,17,18,19). The fourth-order valence-electron chi connectivity index (χ4n) is 1.59. The van der Waals surface area contributed by atoms with E-state index in [4.69, 9.17) is 17.3 Å². The number of nitrogens with one attached hydrogen (secondary N) is 1. The largest absolute Gasteiger partial charge is 0.382 e. The van der Waals surface area contributed by atoms with Gasteiger partial charge in [-0.2, -0.15) is 0 Å². The van der Waals surface area contributed by atoms with Crippen LogP contribution in [0.5, 0.6) is 0 Å². The average Bonchev–Trinajstić information content (AvgIpc) is 2.33. The molecule has 0 atom stereocenters. The predicted molar refractivity (Wildman–Crippen MR) is 70.0 cm³/mol. The molecular formula is C12H11ClF2N4. The fourth-order valence-corrected chi connectivity index (χ4v) is 1.75. The van der Waals surface area contributed by atoms with E-state index in [2.05, 4.69) is 15.3 Å². The third-order valence-corrected chi connectivity index (χ3v) is 2.82. The Kier molecular flexibility index (Phi) is 4.11. The molecule has 0 aliphatic rings. The molecule has 1 aromatic heterocycles. The molecule has 0 spiro atoms. The normalized spacial score (nSPS) is 10.5. The van der Waals surface area contributed by atoms with Crippen molar-refractivity contribution in [2.45, 2.75) is 6.42 Å². The third kappa shape index (κ3) is 3.51. The first-order valence-corrected chi connectivity index (χ1v) is 5.89. The minimum Gasteiger partial charge on any atom is -0.382 e. The van der Waals surface area contributed by atoms with Gasteiger partial charge in [-0.25, -0.2) is 18.7 Å². The van der Waals surface area contributed by atoms with Crippen LogP contribution in [0.15, 0.2) is 24.5 Å². The zero-order chi connectivity index (χ0) is 13.8. The highest BCUT2D eigenvalue weighted by atomic mass is 35.5.